The van der Waals surface area contributed by atoms with Gasteiger partial charge in [-0.15, -0.1) is 16.4 Å². The molecule has 0 aliphatic rings. The van der Waals surface area contributed by atoms with Crippen LogP contribution in [-0.4, -0.2) is 30.2 Å². The first-order chi connectivity index (χ1) is 9.33. The van der Waals surface area contributed by atoms with Gasteiger partial charge in [0.2, 0.25) is 5.16 Å². The zero-order chi connectivity index (χ0) is 13.1. The zero-order valence-corrected chi connectivity index (χ0v) is 11.7. The molecule has 0 aliphatic heterocycles. The number of thiazole rings is 1. The Labute approximate surface area is 117 Å². The summed E-state index contributed by atoms with van der Waals surface area (Å²) in [5.41, 5.74) is 1.92. The maximum Gasteiger partial charge on any atom is 0.209 e. The van der Waals surface area contributed by atoms with E-state index in [1.165, 1.54) is 0 Å². The van der Waals surface area contributed by atoms with Gasteiger partial charge in [0.1, 0.15) is 5.01 Å². The van der Waals surface area contributed by atoms with Crippen LogP contribution in [0.2, 0.25) is 0 Å². The van der Waals surface area contributed by atoms with Crippen molar-refractivity contribution in [1.82, 2.24) is 30.2 Å². The lowest BCUT2D eigenvalue weighted by Crippen LogP contribution is -1.93. The minimum atomic E-state index is 0.748. The van der Waals surface area contributed by atoms with Crippen molar-refractivity contribution in [1.29, 1.82) is 0 Å². The molecule has 96 valence electrons. The second kappa shape index (κ2) is 5.45. The molecule has 0 bridgehead atoms. The molecule has 0 unspecified atom stereocenters. The molecule has 3 heterocycles. The fourth-order valence-electron chi connectivity index (χ4n) is 1.46. The molecule has 0 aliphatic carbocycles. The van der Waals surface area contributed by atoms with E-state index in [2.05, 4.69) is 25.5 Å². The van der Waals surface area contributed by atoms with E-state index >= 15 is 0 Å². The molecule has 0 spiro atoms. The summed E-state index contributed by atoms with van der Waals surface area (Å²) in [6, 6.07) is 5.82. The van der Waals surface area contributed by atoms with Crippen LogP contribution in [0.15, 0.2) is 34.9 Å². The topological polar surface area (TPSA) is 69.4 Å². The lowest BCUT2D eigenvalue weighted by atomic mass is 10.4. The lowest BCUT2D eigenvalue weighted by Gasteiger charge is -1.96. The second-order valence-corrected chi connectivity index (χ2v) is 5.53. The number of rotatable bonds is 4. The van der Waals surface area contributed by atoms with Crippen molar-refractivity contribution in [2.45, 2.75) is 10.9 Å². The standard InChI is InChI=1S/C11H10N6S2/c1-17-11(14-15-16-17)19-7-8-6-18-10(13-8)9-4-2-3-5-12-9/h2-6H,7H2,1H3. The lowest BCUT2D eigenvalue weighted by molar-refractivity contribution is 0.664. The Balaban J connectivity index is 1.70. The molecule has 0 aromatic carbocycles. The molecule has 19 heavy (non-hydrogen) atoms. The SMILES string of the molecule is Cn1nnnc1SCc1csc(-c2ccccn2)n1. The molecule has 0 fully saturated rings. The minimum absolute atomic E-state index is 0.748. The van der Waals surface area contributed by atoms with Crippen LogP contribution in [-0.2, 0) is 12.8 Å². The highest BCUT2D eigenvalue weighted by atomic mass is 32.2. The Morgan fingerprint density at radius 3 is 3.05 bits per heavy atom. The third-order valence-corrected chi connectivity index (χ3v) is 4.32. The molecule has 0 N–H and O–H groups in total. The van der Waals surface area contributed by atoms with E-state index in [9.17, 15) is 0 Å². The summed E-state index contributed by atoms with van der Waals surface area (Å²) in [5.74, 6) is 0.748. The third kappa shape index (κ3) is 2.79. The van der Waals surface area contributed by atoms with Crippen LogP contribution in [0, 0.1) is 0 Å². The molecule has 6 nitrogen and oxygen atoms in total. The molecule has 3 aromatic rings. The summed E-state index contributed by atoms with van der Waals surface area (Å²) in [7, 11) is 1.82. The van der Waals surface area contributed by atoms with Crippen molar-refractivity contribution in [3.8, 4) is 10.7 Å². The Hall–Kier alpha value is -1.80. The summed E-state index contributed by atoms with van der Waals surface area (Å²) < 4.78 is 1.65. The van der Waals surface area contributed by atoms with E-state index in [4.69, 9.17) is 0 Å². The molecule has 0 atom stereocenters. The van der Waals surface area contributed by atoms with Crippen LogP contribution < -0.4 is 0 Å². The van der Waals surface area contributed by atoms with Crippen LogP contribution >= 0.6 is 23.1 Å². The van der Waals surface area contributed by atoms with Gasteiger partial charge in [-0.1, -0.05) is 17.8 Å². The van der Waals surface area contributed by atoms with E-state index in [0.29, 0.717) is 0 Å². The first-order valence-corrected chi connectivity index (χ1v) is 7.40. The summed E-state index contributed by atoms with van der Waals surface area (Å²) in [6.07, 6.45) is 1.77. The van der Waals surface area contributed by atoms with Gasteiger partial charge in [-0.2, -0.15) is 0 Å². The third-order valence-electron chi connectivity index (χ3n) is 2.37. The molecule has 3 rings (SSSR count). The molecular formula is C11H10N6S2. The van der Waals surface area contributed by atoms with Gasteiger partial charge < -0.3 is 0 Å². The minimum Gasteiger partial charge on any atom is -0.254 e. The highest BCUT2D eigenvalue weighted by molar-refractivity contribution is 7.98. The van der Waals surface area contributed by atoms with Gasteiger partial charge in [-0.3, -0.25) is 4.98 Å². The largest absolute Gasteiger partial charge is 0.254 e. The molecule has 0 amide bonds. The first-order valence-electron chi connectivity index (χ1n) is 5.54. The first kappa shape index (κ1) is 12.2. The average Bonchev–Trinajstić information content (AvgIpc) is 3.06. The van der Waals surface area contributed by atoms with Crippen LogP contribution in [0.1, 0.15) is 5.69 Å². The van der Waals surface area contributed by atoms with E-state index in [-0.39, 0.29) is 0 Å². The number of thioether (sulfide) groups is 1. The van der Waals surface area contributed by atoms with Gasteiger partial charge in [-0.05, 0) is 22.6 Å². The van der Waals surface area contributed by atoms with Gasteiger partial charge in [0.15, 0.2) is 0 Å². The molecule has 0 radical (unpaired) electrons. The van der Waals surface area contributed by atoms with E-state index in [1.54, 1.807) is 34.0 Å². The predicted molar refractivity (Wildman–Crippen MR) is 73.7 cm³/mol. The molecule has 3 aromatic heterocycles. The van der Waals surface area contributed by atoms with Crippen molar-refractivity contribution in [3.63, 3.8) is 0 Å². The summed E-state index contributed by atoms with van der Waals surface area (Å²) in [6.45, 7) is 0. The zero-order valence-electron chi connectivity index (χ0n) is 10.1. The van der Waals surface area contributed by atoms with Crippen LogP contribution in [0.25, 0.3) is 10.7 Å². The number of pyridine rings is 1. The summed E-state index contributed by atoms with van der Waals surface area (Å²) in [5, 5.41) is 15.1. The number of aromatic nitrogens is 6. The molecule has 0 saturated heterocycles. The Morgan fingerprint density at radius 2 is 2.32 bits per heavy atom. The number of nitrogens with zero attached hydrogens (tertiary/aromatic N) is 6. The Bertz CT molecular complexity index is 663. The molecular weight excluding hydrogens is 280 g/mol. The fraction of sp³-hybridized carbons (Fsp3) is 0.182. The average molecular weight is 290 g/mol. The monoisotopic (exact) mass is 290 g/mol. The van der Waals surface area contributed by atoms with Crippen molar-refractivity contribution in [2.75, 3.05) is 0 Å². The Kier molecular flexibility index (Phi) is 3.51. The van der Waals surface area contributed by atoms with Crippen molar-refractivity contribution in [3.05, 3.63) is 35.5 Å². The van der Waals surface area contributed by atoms with Crippen LogP contribution in [0.5, 0.6) is 0 Å². The van der Waals surface area contributed by atoms with Crippen molar-refractivity contribution >= 4 is 23.1 Å². The van der Waals surface area contributed by atoms with Gasteiger partial charge in [0.05, 0.1) is 11.4 Å². The highest BCUT2D eigenvalue weighted by Gasteiger charge is 2.08. The van der Waals surface area contributed by atoms with Crippen LogP contribution in [0.3, 0.4) is 0 Å². The maximum absolute atomic E-state index is 4.57. The smallest absolute Gasteiger partial charge is 0.209 e. The normalized spacial score (nSPS) is 10.8. The Morgan fingerprint density at radius 1 is 1.37 bits per heavy atom. The van der Waals surface area contributed by atoms with Gasteiger partial charge >= 0.3 is 0 Å². The summed E-state index contributed by atoms with van der Waals surface area (Å²) in [4.78, 5) is 8.86. The van der Waals surface area contributed by atoms with Gasteiger partial charge in [-0.25, -0.2) is 9.67 Å². The number of hydrogen-bond acceptors (Lipinski definition) is 7. The van der Waals surface area contributed by atoms with E-state index in [1.807, 2.05) is 30.6 Å². The molecule has 0 saturated carbocycles. The van der Waals surface area contributed by atoms with Crippen LogP contribution in [0.4, 0.5) is 0 Å². The number of tetrazole rings is 1. The van der Waals surface area contributed by atoms with Crippen molar-refractivity contribution < 1.29 is 0 Å². The van der Waals surface area contributed by atoms with Crippen molar-refractivity contribution in [2.24, 2.45) is 7.05 Å². The highest BCUT2D eigenvalue weighted by Crippen LogP contribution is 2.25. The van der Waals surface area contributed by atoms with Gasteiger partial charge in [0, 0.05) is 24.4 Å². The van der Waals surface area contributed by atoms with E-state index < -0.39 is 0 Å². The number of hydrogen-bond donors (Lipinski definition) is 0. The molecule has 8 heteroatoms. The number of aryl methyl sites for hydroxylation is 1. The van der Waals surface area contributed by atoms with Gasteiger partial charge in [0.25, 0.3) is 0 Å². The summed E-state index contributed by atoms with van der Waals surface area (Å²) >= 11 is 3.16. The predicted octanol–water partition coefficient (Wildman–Crippen LogP) is 2.02. The second-order valence-electron chi connectivity index (χ2n) is 3.73. The van der Waals surface area contributed by atoms with E-state index in [0.717, 1.165) is 27.3 Å². The fourth-order valence-corrected chi connectivity index (χ4v) is 3.11. The quantitative estimate of drug-likeness (QED) is 0.685. The maximum atomic E-state index is 4.57.